The Kier molecular flexibility index (Phi) is 6.47. The number of hydrogen-bond donors (Lipinski definition) is 0. The molecule has 0 aliphatic rings. The zero-order chi connectivity index (χ0) is 21.0. The lowest BCUT2D eigenvalue weighted by atomic mass is 10.0. The van der Waals surface area contributed by atoms with Crippen molar-refractivity contribution in [3.8, 4) is 22.5 Å². The maximum atomic E-state index is 4.93. The summed E-state index contributed by atoms with van der Waals surface area (Å²) in [5, 5.41) is 9.04. The zero-order valence-corrected chi connectivity index (χ0v) is 18.3. The number of anilines is 2. The molecule has 0 aliphatic heterocycles. The lowest BCUT2D eigenvalue weighted by Crippen LogP contribution is -2.09. The fraction of sp³-hybridized carbons (Fsp3) is 0.375. The number of rotatable bonds is 7. The van der Waals surface area contributed by atoms with Crippen LogP contribution in [0, 0.1) is 5.92 Å². The molecule has 1 heterocycles. The summed E-state index contributed by atoms with van der Waals surface area (Å²) in [6.45, 7) is 4.43. The number of aromatic nitrogens is 3. The molecular formula is C24H31N5. The quantitative estimate of drug-likeness (QED) is 0.573. The third-order valence-corrected chi connectivity index (χ3v) is 4.99. The van der Waals surface area contributed by atoms with Gasteiger partial charge < -0.3 is 9.80 Å². The lowest BCUT2D eigenvalue weighted by Gasteiger charge is -2.15. The highest BCUT2D eigenvalue weighted by Crippen LogP contribution is 2.30. The molecule has 0 radical (unpaired) electrons. The summed E-state index contributed by atoms with van der Waals surface area (Å²) >= 11 is 0. The van der Waals surface area contributed by atoms with Crippen LogP contribution >= 0.6 is 0 Å². The van der Waals surface area contributed by atoms with Crippen molar-refractivity contribution in [3.63, 3.8) is 0 Å². The molecule has 0 unspecified atom stereocenters. The molecule has 29 heavy (non-hydrogen) atoms. The van der Waals surface area contributed by atoms with Gasteiger partial charge in [-0.3, -0.25) is 0 Å². The maximum Gasteiger partial charge on any atom is 0.151 e. The third kappa shape index (κ3) is 5.11. The summed E-state index contributed by atoms with van der Waals surface area (Å²) in [6.07, 6.45) is 1.89. The van der Waals surface area contributed by atoms with Gasteiger partial charge in [0, 0.05) is 57.1 Å². The molecule has 5 nitrogen and oxygen atoms in total. The van der Waals surface area contributed by atoms with Gasteiger partial charge in [-0.2, -0.15) is 0 Å². The average molecular weight is 390 g/mol. The van der Waals surface area contributed by atoms with Gasteiger partial charge in [0.2, 0.25) is 0 Å². The molecule has 1 aromatic heterocycles. The van der Waals surface area contributed by atoms with E-state index in [0.717, 1.165) is 52.6 Å². The molecule has 0 amide bonds. The highest BCUT2D eigenvalue weighted by molar-refractivity contribution is 5.78. The molecule has 152 valence electrons. The predicted molar refractivity (Wildman–Crippen MR) is 123 cm³/mol. The Bertz CT molecular complexity index is 928. The van der Waals surface area contributed by atoms with Crippen LogP contribution in [-0.4, -0.2) is 43.4 Å². The van der Waals surface area contributed by atoms with E-state index >= 15 is 0 Å². The Balaban J connectivity index is 2.04. The van der Waals surface area contributed by atoms with E-state index < -0.39 is 0 Å². The van der Waals surface area contributed by atoms with Gasteiger partial charge in [0.25, 0.3) is 0 Å². The van der Waals surface area contributed by atoms with Crippen molar-refractivity contribution in [1.29, 1.82) is 0 Å². The zero-order valence-electron chi connectivity index (χ0n) is 18.3. The minimum Gasteiger partial charge on any atom is -0.378 e. The van der Waals surface area contributed by atoms with Crippen LogP contribution in [0.15, 0.2) is 48.5 Å². The Hall–Kier alpha value is -2.95. The molecule has 3 rings (SSSR count). The van der Waals surface area contributed by atoms with Crippen molar-refractivity contribution in [3.05, 3.63) is 54.4 Å². The molecule has 0 aliphatic carbocycles. The molecule has 5 heteroatoms. The van der Waals surface area contributed by atoms with Crippen molar-refractivity contribution in [2.45, 2.75) is 26.7 Å². The molecule has 3 aromatic rings. The van der Waals surface area contributed by atoms with Gasteiger partial charge in [0.05, 0.1) is 0 Å². The van der Waals surface area contributed by atoms with Gasteiger partial charge in [0.15, 0.2) is 5.82 Å². The first-order chi connectivity index (χ1) is 13.8. The van der Waals surface area contributed by atoms with E-state index in [9.17, 15) is 0 Å². The predicted octanol–water partition coefficient (Wildman–Crippen LogP) is 4.93. The Morgan fingerprint density at radius 3 is 1.62 bits per heavy atom. The third-order valence-electron chi connectivity index (χ3n) is 4.99. The van der Waals surface area contributed by atoms with Gasteiger partial charge in [-0.1, -0.05) is 38.1 Å². The van der Waals surface area contributed by atoms with E-state index in [1.54, 1.807) is 0 Å². The molecule has 0 saturated heterocycles. The summed E-state index contributed by atoms with van der Waals surface area (Å²) in [6, 6.07) is 16.8. The summed E-state index contributed by atoms with van der Waals surface area (Å²) < 4.78 is 0. The van der Waals surface area contributed by atoms with E-state index in [-0.39, 0.29) is 0 Å². The van der Waals surface area contributed by atoms with Gasteiger partial charge in [0.1, 0.15) is 11.4 Å². The van der Waals surface area contributed by atoms with Crippen LogP contribution in [-0.2, 0) is 6.42 Å². The second-order valence-electron chi connectivity index (χ2n) is 8.24. The smallest absolute Gasteiger partial charge is 0.151 e. The lowest BCUT2D eigenvalue weighted by molar-refractivity contribution is 0.571. The molecule has 0 fully saturated rings. The van der Waals surface area contributed by atoms with E-state index in [4.69, 9.17) is 4.98 Å². The van der Waals surface area contributed by atoms with Crippen molar-refractivity contribution in [2.75, 3.05) is 38.0 Å². The monoisotopic (exact) mass is 389 g/mol. The molecule has 0 bridgehead atoms. The van der Waals surface area contributed by atoms with E-state index in [2.05, 4.69) is 82.4 Å². The first kappa shape index (κ1) is 20.8. The second kappa shape index (κ2) is 9.03. The molecule has 0 N–H and O–H groups in total. The van der Waals surface area contributed by atoms with Crippen molar-refractivity contribution in [2.24, 2.45) is 5.92 Å². The van der Waals surface area contributed by atoms with Crippen LogP contribution in [0.2, 0.25) is 0 Å². The first-order valence-corrected chi connectivity index (χ1v) is 10.1. The van der Waals surface area contributed by atoms with Crippen LogP contribution in [0.4, 0.5) is 11.4 Å². The number of nitrogens with zero attached hydrogens (tertiary/aromatic N) is 5. The SMILES string of the molecule is CC(C)CCc1nnc(-c2ccc(N(C)C)cc2)c(-c2ccc(N(C)C)cc2)n1. The van der Waals surface area contributed by atoms with Crippen LogP contribution in [0.3, 0.4) is 0 Å². The molecule has 2 aromatic carbocycles. The largest absolute Gasteiger partial charge is 0.378 e. The fourth-order valence-electron chi connectivity index (χ4n) is 3.11. The van der Waals surface area contributed by atoms with Gasteiger partial charge in [-0.25, -0.2) is 4.98 Å². The van der Waals surface area contributed by atoms with Crippen molar-refractivity contribution >= 4 is 11.4 Å². The molecule has 0 spiro atoms. The second-order valence-corrected chi connectivity index (χ2v) is 8.24. The average Bonchev–Trinajstić information content (AvgIpc) is 2.72. The molecular weight excluding hydrogens is 358 g/mol. The summed E-state index contributed by atoms with van der Waals surface area (Å²) in [4.78, 5) is 9.11. The molecule has 0 atom stereocenters. The van der Waals surface area contributed by atoms with Gasteiger partial charge >= 0.3 is 0 Å². The van der Waals surface area contributed by atoms with Gasteiger partial charge in [-0.05, 0) is 36.6 Å². The first-order valence-electron chi connectivity index (χ1n) is 10.1. The van der Waals surface area contributed by atoms with Crippen LogP contribution in [0.1, 0.15) is 26.1 Å². The topological polar surface area (TPSA) is 45.2 Å². The van der Waals surface area contributed by atoms with E-state index in [1.165, 1.54) is 0 Å². The minimum absolute atomic E-state index is 0.611. The van der Waals surface area contributed by atoms with E-state index in [0.29, 0.717) is 5.92 Å². The van der Waals surface area contributed by atoms with Crippen LogP contribution in [0.25, 0.3) is 22.5 Å². The van der Waals surface area contributed by atoms with Crippen molar-refractivity contribution < 1.29 is 0 Å². The van der Waals surface area contributed by atoms with Gasteiger partial charge in [-0.15, -0.1) is 10.2 Å². The van der Waals surface area contributed by atoms with Crippen molar-refractivity contribution in [1.82, 2.24) is 15.2 Å². The number of hydrogen-bond acceptors (Lipinski definition) is 5. The minimum atomic E-state index is 0.611. The summed E-state index contributed by atoms with van der Waals surface area (Å²) in [5.74, 6) is 1.42. The number of benzene rings is 2. The van der Waals surface area contributed by atoms with Crippen LogP contribution in [0.5, 0.6) is 0 Å². The molecule has 0 saturated carbocycles. The number of aryl methyl sites for hydroxylation is 1. The normalized spacial score (nSPS) is 11.0. The van der Waals surface area contributed by atoms with E-state index in [1.807, 2.05) is 28.2 Å². The van der Waals surface area contributed by atoms with Crippen LogP contribution < -0.4 is 9.80 Å². The maximum absolute atomic E-state index is 4.93. The summed E-state index contributed by atoms with van der Waals surface area (Å²) in [7, 11) is 8.17. The Morgan fingerprint density at radius 2 is 1.17 bits per heavy atom. The highest BCUT2D eigenvalue weighted by atomic mass is 15.2. The highest BCUT2D eigenvalue weighted by Gasteiger charge is 2.14. The Morgan fingerprint density at radius 1 is 0.690 bits per heavy atom. The Labute approximate surface area is 174 Å². The fourth-order valence-corrected chi connectivity index (χ4v) is 3.11. The summed E-state index contributed by atoms with van der Waals surface area (Å²) in [5.41, 5.74) is 6.11. The standard InChI is InChI=1S/C24H31N5/c1-17(2)7-16-22-25-23(18-8-12-20(13-9-18)28(3)4)24(27-26-22)19-10-14-21(15-11-19)29(5)6/h8-15,17H,7,16H2,1-6H3.